The van der Waals surface area contributed by atoms with Gasteiger partial charge in [-0.3, -0.25) is 9.69 Å². The lowest BCUT2D eigenvalue weighted by atomic mass is 9.48. The summed E-state index contributed by atoms with van der Waals surface area (Å²) in [5.41, 5.74) is 2.11. The van der Waals surface area contributed by atoms with Crippen LogP contribution < -0.4 is 4.74 Å². The Balaban J connectivity index is 1.37. The van der Waals surface area contributed by atoms with E-state index in [4.69, 9.17) is 4.74 Å². The highest BCUT2D eigenvalue weighted by atomic mass is 16.5. The van der Waals surface area contributed by atoms with Crippen molar-refractivity contribution in [2.45, 2.75) is 54.9 Å². The summed E-state index contributed by atoms with van der Waals surface area (Å²) in [6.07, 6.45) is 8.21. The van der Waals surface area contributed by atoms with Gasteiger partial charge < -0.3 is 14.7 Å². The Labute approximate surface area is 201 Å². The van der Waals surface area contributed by atoms with Crippen LogP contribution >= 0.6 is 0 Å². The third kappa shape index (κ3) is 2.83. The number of carbonyl (C=O) groups is 1. The summed E-state index contributed by atoms with van der Waals surface area (Å²) < 4.78 is 6.67. The maximum atomic E-state index is 13.2. The van der Waals surface area contributed by atoms with Crippen LogP contribution in [0.25, 0.3) is 6.08 Å². The van der Waals surface area contributed by atoms with E-state index < -0.39 is 11.0 Å². The van der Waals surface area contributed by atoms with E-state index in [1.54, 1.807) is 6.08 Å². The maximum absolute atomic E-state index is 13.2. The number of hydrogen-bond donors (Lipinski definition) is 1. The van der Waals surface area contributed by atoms with Crippen molar-refractivity contribution in [3.05, 3.63) is 84.0 Å². The molecule has 2 unspecified atom stereocenters. The van der Waals surface area contributed by atoms with E-state index in [-0.39, 0.29) is 24.1 Å². The lowest BCUT2D eigenvalue weighted by Crippen LogP contribution is -2.78. The molecule has 176 valence electrons. The number of nitrogens with zero attached hydrogens (tertiary/aromatic N) is 2. The standard InChI is InChI=1S/C29H32N2O3/c1-3-17-31-18-16-28-26-21-10-7-11-23(26)34-27(28)22(14-15-29(28,33)24(31)19-21)30(2)25(32)13-12-20-8-5-4-6-9-20/h3-13,22,24,27,33H,1,14-19H2,2H3/b13-12+/t22?,24-,27?,28+,29-/m1/s1. The van der Waals surface area contributed by atoms with Crippen LogP contribution in [-0.2, 0) is 16.6 Å². The molecule has 2 aromatic rings. The molecule has 1 amide bonds. The predicted molar refractivity (Wildman–Crippen MR) is 133 cm³/mol. The average Bonchev–Trinajstić information content (AvgIpc) is 3.19. The normalized spacial score (nSPS) is 33.3. The van der Waals surface area contributed by atoms with Crippen molar-refractivity contribution in [1.82, 2.24) is 9.80 Å². The van der Waals surface area contributed by atoms with Gasteiger partial charge in [0.2, 0.25) is 5.91 Å². The number of benzene rings is 2. The van der Waals surface area contributed by atoms with Crippen LogP contribution in [0.3, 0.4) is 0 Å². The van der Waals surface area contributed by atoms with Gasteiger partial charge >= 0.3 is 0 Å². The van der Waals surface area contributed by atoms with Crippen molar-refractivity contribution in [3.63, 3.8) is 0 Å². The van der Waals surface area contributed by atoms with E-state index >= 15 is 0 Å². The molecule has 1 saturated carbocycles. The average molecular weight is 457 g/mol. The zero-order valence-electron chi connectivity index (χ0n) is 19.7. The SMILES string of the molecule is C=CCN1CC[C@]23c4c5cccc4OC2C(N(C)C(=O)/C=C/c2ccccc2)CC[C@@]3(O)[C@H]1C5. The zero-order chi connectivity index (χ0) is 23.5. The zero-order valence-corrected chi connectivity index (χ0v) is 19.7. The summed E-state index contributed by atoms with van der Waals surface area (Å²) in [7, 11) is 1.88. The molecule has 1 spiro atoms. The van der Waals surface area contributed by atoms with Gasteiger partial charge in [0.25, 0.3) is 0 Å². The Kier molecular flexibility index (Phi) is 4.98. The molecule has 6 rings (SSSR count). The second-order valence-electron chi connectivity index (χ2n) is 10.3. The summed E-state index contributed by atoms with van der Waals surface area (Å²) in [6, 6.07) is 16.1. The molecule has 2 aliphatic heterocycles. The minimum atomic E-state index is -0.876. The van der Waals surface area contributed by atoms with Gasteiger partial charge in [0.05, 0.1) is 17.1 Å². The summed E-state index contributed by atoms with van der Waals surface area (Å²) in [5.74, 6) is 0.857. The molecule has 2 heterocycles. The molecular formula is C29H32N2O3. The first-order valence-electron chi connectivity index (χ1n) is 12.4. The first kappa shape index (κ1) is 21.6. The molecule has 0 aromatic heterocycles. The minimum absolute atomic E-state index is 0.0335. The van der Waals surface area contributed by atoms with Gasteiger partial charge in [-0.15, -0.1) is 6.58 Å². The largest absolute Gasteiger partial charge is 0.487 e. The fraction of sp³-hybridized carbons (Fsp3) is 0.414. The number of likely N-dealkylation sites (N-methyl/N-ethyl adjacent to an activating group) is 1. The number of piperidine rings is 1. The monoisotopic (exact) mass is 456 g/mol. The van der Waals surface area contributed by atoms with E-state index in [1.165, 1.54) is 11.1 Å². The molecule has 2 fully saturated rings. The van der Waals surface area contributed by atoms with E-state index in [0.29, 0.717) is 12.8 Å². The topological polar surface area (TPSA) is 53.0 Å². The van der Waals surface area contributed by atoms with Crippen molar-refractivity contribution < 1.29 is 14.6 Å². The molecule has 1 saturated heterocycles. The Morgan fingerprint density at radius 3 is 2.85 bits per heavy atom. The van der Waals surface area contributed by atoms with Crippen LogP contribution in [0, 0.1) is 0 Å². The molecule has 4 aliphatic rings. The molecule has 5 nitrogen and oxygen atoms in total. The third-order valence-electron chi connectivity index (χ3n) is 8.87. The Morgan fingerprint density at radius 2 is 2.06 bits per heavy atom. The first-order valence-corrected chi connectivity index (χ1v) is 12.4. The smallest absolute Gasteiger partial charge is 0.246 e. The van der Waals surface area contributed by atoms with Crippen LogP contribution in [-0.4, -0.2) is 64.7 Å². The van der Waals surface area contributed by atoms with Crippen molar-refractivity contribution >= 4 is 12.0 Å². The van der Waals surface area contributed by atoms with Gasteiger partial charge in [-0.25, -0.2) is 0 Å². The molecule has 0 radical (unpaired) electrons. The maximum Gasteiger partial charge on any atom is 0.246 e. The first-order chi connectivity index (χ1) is 16.5. The Morgan fingerprint density at radius 1 is 1.24 bits per heavy atom. The van der Waals surface area contributed by atoms with Crippen molar-refractivity contribution in [2.24, 2.45) is 0 Å². The number of ether oxygens (including phenoxy) is 1. The van der Waals surface area contributed by atoms with E-state index in [9.17, 15) is 9.90 Å². The van der Waals surface area contributed by atoms with Crippen LogP contribution in [0.15, 0.2) is 67.3 Å². The van der Waals surface area contributed by atoms with Gasteiger partial charge in [-0.05, 0) is 55.5 Å². The summed E-state index contributed by atoms with van der Waals surface area (Å²) in [4.78, 5) is 17.5. The molecule has 2 aliphatic carbocycles. The summed E-state index contributed by atoms with van der Waals surface area (Å²) in [6.45, 7) is 5.62. The van der Waals surface area contributed by atoms with Crippen LogP contribution in [0.5, 0.6) is 5.75 Å². The number of likely N-dealkylation sites (tertiary alicyclic amines) is 1. The van der Waals surface area contributed by atoms with Gasteiger partial charge in [0, 0.05) is 31.3 Å². The highest BCUT2D eigenvalue weighted by Gasteiger charge is 2.72. The quantitative estimate of drug-likeness (QED) is 0.552. The predicted octanol–water partition coefficient (Wildman–Crippen LogP) is 3.57. The number of carbonyl (C=O) groups excluding carboxylic acids is 1. The molecular weight excluding hydrogens is 424 g/mol. The fourth-order valence-corrected chi connectivity index (χ4v) is 7.37. The lowest BCUT2D eigenvalue weighted by Gasteiger charge is -2.64. The molecule has 5 atom stereocenters. The Hall–Kier alpha value is -2.89. The number of aliphatic hydroxyl groups is 1. The van der Waals surface area contributed by atoms with Gasteiger partial charge in [-0.2, -0.15) is 0 Å². The van der Waals surface area contributed by atoms with E-state index in [1.807, 2.05) is 60.5 Å². The Bertz CT molecular complexity index is 1160. The minimum Gasteiger partial charge on any atom is -0.487 e. The van der Waals surface area contributed by atoms with E-state index in [0.717, 1.165) is 37.2 Å². The van der Waals surface area contributed by atoms with Crippen molar-refractivity contribution in [2.75, 3.05) is 20.1 Å². The van der Waals surface area contributed by atoms with Gasteiger partial charge in [-0.1, -0.05) is 48.5 Å². The highest BCUT2D eigenvalue weighted by Crippen LogP contribution is 2.64. The van der Waals surface area contributed by atoms with Gasteiger partial charge in [0.1, 0.15) is 11.9 Å². The van der Waals surface area contributed by atoms with Crippen LogP contribution in [0.1, 0.15) is 36.0 Å². The second-order valence-corrected chi connectivity index (χ2v) is 10.3. The highest BCUT2D eigenvalue weighted by molar-refractivity contribution is 5.92. The molecule has 34 heavy (non-hydrogen) atoms. The number of rotatable bonds is 5. The van der Waals surface area contributed by atoms with E-state index in [2.05, 4.69) is 23.6 Å². The lowest BCUT2D eigenvalue weighted by molar-refractivity contribution is -0.198. The van der Waals surface area contributed by atoms with Crippen molar-refractivity contribution in [1.29, 1.82) is 0 Å². The fourth-order valence-electron chi connectivity index (χ4n) is 7.37. The molecule has 5 heteroatoms. The molecule has 1 N–H and O–H groups in total. The van der Waals surface area contributed by atoms with Gasteiger partial charge in [0.15, 0.2) is 0 Å². The van der Waals surface area contributed by atoms with Crippen LogP contribution in [0.2, 0.25) is 0 Å². The summed E-state index contributed by atoms with van der Waals surface area (Å²) >= 11 is 0. The van der Waals surface area contributed by atoms with Crippen LogP contribution in [0.4, 0.5) is 0 Å². The van der Waals surface area contributed by atoms with Crippen molar-refractivity contribution in [3.8, 4) is 5.75 Å². The summed E-state index contributed by atoms with van der Waals surface area (Å²) in [5, 5.41) is 12.4. The molecule has 2 bridgehead atoms. The number of hydrogen-bond acceptors (Lipinski definition) is 4. The third-order valence-corrected chi connectivity index (χ3v) is 8.87. The number of amides is 1. The second kappa shape index (κ2) is 7.82. The molecule has 2 aromatic carbocycles.